The average molecular weight is 366 g/mol. The Morgan fingerprint density at radius 1 is 1.30 bits per heavy atom. The lowest BCUT2D eigenvalue weighted by atomic mass is 9.82. The summed E-state index contributed by atoms with van der Waals surface area (Å²) in [5.74, 6) is 1.53. The lowest BCUT2D eigenvalue weighted by molar-refractivity contribution is 0.0939. The highest BCUT2D eigenvalue weighted by atomic mass is 16.5. The fourth-order valence-corrected chi connectivity index (χ4v) is 4.47. The molecule has 2 N–H and O–H groups in total. The van der Waals surface area contributed by atoms with Gasteiger partial charge in [0.05, 0.1) is 19.8 Å². The summed E-state index contributed by atoms with van der Waals surface area (Å²) in [5, 5.41) is 12.9. The molecule has 2 saturated heterocycles. The second-order valence-electron chi connectivity index (χ2n) is 7.68. The van der Waals surface area contributed by atoms with Crippen molar-refractivity contribution in [1.29, 1.82) is 0 Å². The van der Waals surface area contributed by atoms with Gasteiger partial charge in [0.2, 0.25) is 0 Å². The van der Waals surface area contributed by atoms with E-state index in [0.29, 0.717) is 37.8 Å². The quantitative estimate of drug-likeness (QED) is 0.838. The highest BCUT2D eigenvalue weighted by molar-refractivity contribution is 5.96. The average Bonchev–Trinajstić information content (AvgIpc) is 3.26. The van der Waals surface area contributed by atoms with Gasteiger partial charge in [0.25, 0.3) is 5.91 Å². The molecule has 4 heterocycles. The van der Waals surface area contributed by atoms with Gasteiger partial charge in [-0.2, -0.15) is 0 Å². The largest absolute Gasteiger partial charge is 0.396 e. The molecule has 1 aromatic heterocycles. The molecule has 2 aromatic rings. The van der Waals surface area contributed by atoms with Crippen molar-refractivity contribution in [3.63, 3.8) is 0 Å². The number of hydrogen-bond donors (Lipinski definition) is 2. The van der Waals surface area contributed by atoms with Crippen LogP contribution < -0.4 is 10.2 Å². The van der Waals surface area contributed by atoms with E-state index in [4.69, 9.17) is 9.72 Å². The number of nitrogens with zero attached hydrogens (tertiary/aromatic N) is 3. The van der Waals surface area contributed by atoms with Gasteiger partial charge in [0.15, 0.2) is 5.82 Å². The zero-order chi connectivity index (χ0) is 18.4. The first-order valence-corrected chi connectivity index (χ1v) is 9.38. The van der Waals surface area contributed by atoms with Crippen molar-refractivity contribution < 1.29 is 14.6 Å². The summed E-state index contributed by atoms with van der Waals surface area (Å²) < 4.78 is 5.63. The maximum absolute atomic E-state index is 12.5. The van der Waals surface area contributed by atoms with Gasteiger partial charge in [0.1, 0.15) is 11.5 Å². The van der Waals surface area contributed by atoms with Crippen molar-refractivity contribution in [3.05, 3.63) is 41.6 Å². The Labute approximate surface area is 157 Å². The van der Waals surface area contributed by atoms with Gasteiger partial charge in [0, 0.05) is 42.1 Å². The van der Waals surface area contributed by atoms with Crippen LogP contribution in [0.15, 0.2) is 30.3 Å². The lowest BCUT2D eigenvalue weighted by Crippen LogP contribution is -2.37. The summed E-state index contributed by atoms with van der Waals surface area (Å²) >= 11 is 0. The number of hydrogen-bond acceptors (Lipinski definition) is 6. The zero-order valence-corrected chi connectivity index (χ0v) is 15.0. The van der Waals surface area contributed by atoms with Crippen LogP contribution in [0.1, 0.15) is 16.1 Å². The Balaban J connectivity index is 1.61. The summed E-state index contributed by atoms with van der Waals surface area (Å²) in [7, 11) is 0. The maximum Gasteiger partial charge on any atom is 0.270 e. The van der Waals surface area contributed by atoms with Gasteiger partial charge in [-0.25, -0.2) is 9.97 Å². The predicted molar refractivity (Wildman–Crippen MR) is 99.5 cm³/mol. The number of rotatable bonds is 3. The van der Waals surface area contributed by atoms with E-state index in [0.717, 1.165) is 29.9 Å². The van der Waals surface area contributed by atoms with E-state index in [2.05, 4.69) is 15.2 Å². The Morgan fingerprint density at radius 3 is 2.93 bits per heavy atom. The van der Waals surface area contributed by atoms with Crippen molar-refractivity contribution in [3.8, 4) is 11.4 Å². The molecule has 1 aromatic carbocycles. The molecule has 7 heteroatoms. The molecule has 1 amide bonds. The van der Waals surface area contributed by atoms with Crippen molar-refractivity contribution >= 4 is 11.7 Å². The summed E-state index contributed by atoms with van der Waals surface area (Å²) in [6, 6.07) is 9.73. The Hall–Kier alpha value is -2.51. The number of aliphatic hydroxyl groups is 1. The first-order valence-electron chi connectivity index (χ1n) is 9.38. The van der Waals surface area contributed by atoms with Crippen LogP contribution in [0.4, 0.5) is 5.82 Å². The van der Waals surface area contributed by atoms with E-state index < -0.39 is 0 Å². The molecule has 27 heavy (non-hydrogen) atoms. The Kier molecular flexibility index (Phi) is 3.87. The minimum absolute atomic E-state index is 0.105. The van der Waals surface area contributed by atoms with Crippen LogP contribution in [0.2, 0.25) is 0 Å². The molecule has 5 rings (SSSR count). The van der Waals surface area contributed by atoms with E-state index in [-0.39, 0.29) is 23.8 Å². The molecule has 0 bridgehead atoms. The second-order valence-corrected chi connectivity index (χ2v) is 7.68. The van der Waals surface area contributed by atoms with E-state index in [1.165, 1.54) is 0 Å². The molecule has 3 aliphatic heterocycles. The van der Waals surface area contributed by atoms with Gasteiger partial charge >= 0.3 is 0 Å². The number of fused-ring (bicyclic) bond motifs is 2. The van der Waals surface area contributed by atoms with Crippen LogP contribution in [0.3, 0.4) is 0 Å². The summed E-state index contributed by atoms with van der Waals surface area (Å²) in [4.78, 5) is 24.1. The van der Waals surface area contributed by atoms with E-state index in [1.54, 1.807) is 0 Å². The number of aliphatic hydroxyl groups excluding tert-OH is 1. The Bertz CT molecular complexity index is 888. The number of aromatic nitrogens is 2. The molecule has 0 radical (unpaired) electrons. The molecule has 7 nitrogen and oxygen atoms in total. The third-order valence-corrected chi connectivity index (χ3v) is 6.03. The minimum atomic E-state index is -0.234. The van der Waals surface area contributed by atoms with Crippen LogP contribution in [-0.4, -0.2) is 60.4 Å². The van der Waals surface area contributed by atoms with Crippen LogP contribution >= 0.6 is 0 Å². The molecular weight excluding hydrogens is 344 g/mol. The van der Waals surface area contributed by atoms with Crippen LogP contribution in [0.5, 0.6) is 0 Å². The topological polar surface area (TPSA) is 87.6 Å². The summed E-state index contributed by atoms with van der Waals surface area (Å²) in [6.07, 6.45) is 0.718. The minimum Gasteiger partial charge on any atom is -0.396 e. The number of carbonyl (C=O) groups excluding carboxylic acids is 1. The summed E-state index contributed by atoms with van der Waals surface area (Å²) in [5.41, 5.74) is 2.03. The lowest BCUT2D eigenvalue weighted by Gasteiger charge is -2.28. The molecule has 2 atom stereocenters. The predicted octanol–water partition coefficient (Wildman–Crippen LogP) is 0.875. The maximum atomic E-state index is 12.5. The van der Waals surface area contributed by atoms with E-state index in [9.17, 15) is 9.90 Å². The van der Waals surface area contributed by atoms with Crippen LogP contribution in [-0.2, 0) is 11.2 Å². The van der Waals surface area contributed by atoms with Crippen molar-refractivity contribution in [2.45, 2.75) is 6.42 Å². The zero-order valence-electron chi connectivity index (χ0n) is 15.0. The molecule has 0 aliphatic carbocycles. The number of carbonyl (C=O) groups is 1. The number of nitrogens with one attached hydrogen (secondary N) is 1. The number of anilines is 1. The van der Waals surface area contributed by atoms with Gasteiger partial charge in [-0.05, 0) is 6.42 Å². The second kappa shape index (κ2) is 6.28. The SMILES string of the molecule is O=C1NCCc2c1nc(-c1ccccc1)nc2N1C[C@H]2COC[C@@]2(CO)C1. The molecule has 0 spiro atoms. The Morgan fingerprint density at radius 2 is 2.15 bits per heavy atom. The normalized spacial score (nSPS) is 26.6. The molecule has 2 fully saturated rings. The molecule has 140 valence electrons. The van der Waals surface area contributed by atoms with Crippen molar-refractivity contribution in [2.75, 3.05) is 44.4 Å². The van der Waals surface area contributed by atoms with Crippen LogP contribution in [0.25, 0.3) is 11.4 Å². The monoisotopic (exact) mass is 366 g/mol. The van der Waals surface area contributed by atoms with E-state index in [1.807, 2.05) is 30.3 Å². The summed E-state index contributed by atoms with van der Waals surface area (Å²) in [6.45, 7) is 3.40. The fraction of sp³-hybridized carbons (Fsp3) is 0.450. The van der Waals surface area contributed by atoms with Gasteiger partial charge in [-0.3, -0.25) is 4.79 Å². The third kappa shape index (κ3) is 2.61. The number of benzene rings is 1. The van der Waals surface area contributed by atoms with Crippen LogP contribution in [0, 0.1) is 11.3 Å². The molecule has 3 aliphatic rings. The standard InChI is InChI=1S/C20H22N4O3/c25-11-20-10-24(8-14(20)9-27-12-20)18-15-6-7-21-19(26)16(15)22-17(23-18)13-4-2-1-3-5-13/h1-5,14,25H,6-12H2,(H,21,26)/t14-,20-/m0/s1. The first kappa shape index (κ1) is 16.6. The van der Waals surface area contributed by atoms with Crippen molar-refractivity contribution in [1.82, 2.24) is 15.3 Å². The third-order valence-electron chi connectivity index (χ3n) is 6.03. The number of ether oxygens (including phenoxy) is 1. The highest BCUT2D eigenvalue weighted by Crippen LogP contribution is 2.43. The van der Waals surface area contributed by atoms with Gasteiger partial charge in [-0.15, -0.1) is 0 Å². The van der Waals surface area contributed by atoms with Gasteiger partial charge < -0.3 is 20.1 Å². The molecular formula is C20H22N4O3. The van der Waals surface area contributed by atoms with Crippen molar-refractivity contribution in [2.24, 2.45) is 11.3 Å². The van der Waals surface area contributed by atoms with Gasteiger partial charge in [-0.1, -0.05) is 30.3 Å². The molecule has 0 saturated carbocycles. The molecule has 0 unspecified atom stereocenters. The first-order chi connectivity index (χ1) is 13.2. The van der Waals surface area contributed by atoms with E-state index >= 15 is 0 Å². The number of amides is 1. The highest BCUT2D eigenvalue weighted by Gasteiger charge is 2.51. The smallest absolute Gasteiger partial charge is 0.270 e. The fourth-order valence-electron chi connectivity index (χ4n) is 4.47.